The SMILES string of the molecule is c1ccc(-c2nc(-c3ccccc3)nc(-c3ccc4ccccc4c3-c3ccc4c5cccc6c7ccccc7n(c4c3)c65)n2)cc1. The standard InChI is InChI=1S/C43H26N4/c1-3-13-28(14-4-1)41-44-42(29-15-5-2-6-16-29)46-43(45-41)36-25-22-27-12-7-8-17-31(27)39(36)30-23-24-33-35-20-11-19-34-32-18-9-10-21-37(32)47(40(34)35)38(33)26-30/h1-26H. The molecule has 0 aliphatic rings. The van der Waals surface area contributed by atoms with Crippen molar-refractivity contribution in [3.63, 3.8) is 0 Å². The molecule has 0 aliphatic heterocycles. The van der Waals surface area contributed by atoms with Gasteiger partial charge in [0, 0.05) is 43.8 Å². The van der Waals surface area contributed by atoms with Gasteiger partial charge >= 0.3 is 0 Å². The predicted octanol–water partition coefficient (Wildman–Crippen LogP) is 10.8. The van der Waals surface area contributed by atoms with E-state index in [9.17, 15) is 0 Å². The van der Waals surface area contributed by atoms with Crippen molar-refractivity contribution >= 4 is 48.9 Å². The number of benzene rings is 7. The van der Waals surface area contributed by atoms with Crippen LogP contribution in [-0.2, 0) is 0 Å². The molecular weight excluding hydrogens is 573 g/mol. The summed E-state index contributed by atoms with van der Waals surface area (Å²) < 4.78 is 2.44. The van der Waals surface area contributed by atoms with Gasteiger partial charge in [-0.3, -0.25) is 0 Å². The lowest BCUT2D eigenvalue weighted by atomic mass is 9.92. The van der Waals surface area contributed by atoms with Crippen LogP contribution in [0, 0.1) is 0 Å². The monoisotopic (exact) mass is 598 g/mol. The Bertz CT molecular complexity index is 2720. The Balaban J connectivity index is 1.28. The van der Waals surface area contributed by atoms with Crippen molar-refractivity contribution in [3.05, 3.63) is 158 Å². The molecule has 3 heterocycles. The van der Waals surface area contributed by atoms with Gasteiger partial charge in [0.15, 0.2) is 17.5 Å². The maximum atomic E-state index is 5.13. The molecule has 0 fully saturated rings. The Kier molecular flexibility index (Phi) is 5.54. The summed E-state index contributed by atoms with van der Waals surface area (Å²) in [5.41, 5.74) is 8.80. The Morgan fingerprint density at radius 2 is 0.936 bits per heavy atom. The maximum Gasteiger partial charge on any atom is 0.164 e. The number of nitrogens with zero attached hydrogens (tertiary/aromatic N) is 4. The second-order valence-corrected chi connectivity index (χ2v) is 12.0. The number of rotatable bonds is 4. The Hall–Kier alpha value is -6.39. The molecule has 0 amide bonds. The summed E-state index contributed by atoms with van der Waals surface area (Å²) in [4.78, 5) is 15.2. The fraction of sp³-hybridized carbons (Fsp3) is 0. The van der Waals surface area contributed by atoms with E-state index < -0.39 is 0 Å². The van der Waals surface area contributed by atoms with Crippen LogP contribution in [0.25, 0.3) is 94.2 Å². The number of aromatic nitrogens is 4. The van der Waals surface area contributed by atoms with Gasteiger partial charge in [0.25, 0.3) is 0 Å². The Labute approximate surface area is 270 Å². The molecule has 4 heteroatoms. The lowest BCUT2D eigenvalue weighted by Crippen LogP contribution is -2.01. The third kappa shape index (κ3) is 3.92. The third-order valence-electron chi connectivity index (χ3n) is 9.38. The largest absolute Gasteiger partial charge is 0.308 e. The van der Waals surface area contributed by atoms with Gasteiger partial charge < -0.3 is 4.40 Å². The van der Waals surface area contributed by atoms with E-state index in [0.717, 1.165) is 33.2 Å². The number of fused-ring (bicyclic) bond motifs is 7. The second kappa shape index (κ2) is 10.1. The maximum absolute atomic E-state index is 5.13. The van der Waals surface area contributed by atoms with Crippen molar-refractivity contribution in [2.24, 2.45) is 0 Å². The van der Waals surface area contributed by atoms with Crippen LogP contribution in [0.3, 0.4) is 0 Å². The van der Waals surface area contributed by atoms with Crippen LogP contribution >= 0.6 is 0 Å². The summed E-state index contributed by atoms with van der Waals surface area (Å²) in [5, 5.41) is 7.41. The first kappa shape index (κ1) is 25.9. The van der Waals surface area contributed by atoms with E-state index in [1.807, 2.05) is 36.4 Å². The smallest absolute Gasteiger partial charge is 0.164 e. The van der Waals surface area contributed by atoms with Crippen molar-refractivity contribution in [2.45, 2.75) is 0 Å². The predicted molar refractivity (Wildman–Crippen MR) is 194 cm³/mol. The Morgan fingerprint density at radius 3 is 1.66 bits per heavy atom. The Morgan fingerprint density at radius 1 is 0.362 bits per heavy atom. The molecule has 0 saturated heterocycles. The van der Waals surface area contributed by atoms with Crippen LogP contribution in [0.4, 0.5) is 0 Å². The van der Waals surface area contributed by atoms with E-state index >= 15 is 0 Å². The van der Waals surface area contributed by atoms with Gasteiger partial charge in [0.05, 0.1) is 16.6 Å². The molecule has 7 aromatic carbocycles. The highest BCUT2D eigenvalue weighted by molar-refractivity contribution is 6.23. The number of hydrogen-bond donors (Lipinski definition) is 0. The quantitative estimate of drug-likeness (QED) is 0.202. The van der Waals surface area contributed by atoms with E-state index in [4.69, 9.17) is 15.0 Å². The molecule has 47 heavy (non-hydrogen) atoms. The van der Waals surface area contributed by atoms with Crippen LogP contribution in [0.15, 0.2) is 158 Å². The molecule has 0 radical (unpaired) electrons. The molecule has 0 unspecified atom stereocenters. The minimum absolute atomic E-state index is 0.649. The lowest BCUT2D eigenvalue weighted by Gasteiger charge is -2.15. The lowest BCUT2D eigenvalue weighted by molar-refractivity contribution is 1.07. The van der Waals surface area contributed by atoms with Crippen molar-refractivity contribution in [1.29, 1.82) is 0 Å². The summed E-state index contributed by atoms with van der Waals surface area (Å²) in [6.07, 6.45) is 0. The molecule has 0 saturated carbocycles. The van der Waals surface area contributed by atoms with Crippen molar-refractivity contribution in [3.8, 4) is 45.3 Å². The van der Waals surface area contributed by atoms with Crippen molar-refractivity contribution in [2.75, 3.05) is 0 Å². The molecule has 0 atom stereocenters. The molecule has 218 valence electrons. The van der Waals surface area contributed by atoms with Gasteiger partial charge in [-0.05, 0) is 34.5 Å². The minimum atomic E-state index is 0.649. The van der Waals surface area contributed by atoms with Crippen molar-refractivity contribution < 1.29 is 0 Å². The summed E-state index contributed by atoms with van der Waals surface area (Å²) in [6, 6.07) is 55.5. The second-order valence-electron chi connectivity index (χ2n) is 12.0. The molecule has 0 spiro atoms. The van der Waals surface area contributed by atoms with E-state index in [0.29, 0.717) is 17.5 Å². The summed E-state index contributed by atoms with van der Waals surface area (Å²) >= 11 is 0. The van der Waals surface area contributed by atoms with Crippen LogP contribution in [0.1, 0.15) is 0 Å². The van der Waals surface area contributed by atoms with Crippen LogP contribution in [-0.4, -0.2) is 19.4 Å². The molecule has 10 rings (SSSR count). The summed E-state index contributed by atoms with van der Waals surface area (Å²) in [5.74, 6) is 1.95. The molecule has 0 N–H and O–H groups in total. The average molecular weight is 599 g/mol. The first-order valence-corrected chi connectivity index (χ1v) is 15.9. The first-order valence-electron chi connectivity index (χ1n) is 15.9. The molecule has 3 aromatic heterocycles. The molecular formula is C43H26N4. The molecule has 0 aliphatic carbocycles. The van der Waals surface area contributed by atoms with Gasteiger partial charge in [-0.15, -0.1) is 0 Å². The van der Waals surface area contributed by atoms with E-state index in [1.165, 1.54) is 43.5 Å². The zero-order valence-corrected chi connectivity index (χ0v) is 25.3. The average Bonchev–Trinajstić information content (AvgIpc) is 3.67. The first-order chi connectivity index (χ1) is 23.3. The zero-order chi connectivity index (χ0) is 30.9. The van der Waals surface area contributed by atoms with Crippen LogP contribution < -0.4 is 0 Å². The van der Waals surface area contributed by atoms with Gasteiger partial charge in [-0.25, -0.2) is 15.0 Å². The fourth-order valence-corrected chi connectivity index (χ4v) is 7.28. The van der Waals surface area contributed by atoms with Crippen molar-refractivity contribution in [1.82, 2.24) is 19.4 Å². The molecule has 4 nitrogen and oxygen atoms in total. The highest BCUT2D eigenvalue weighted by Gasteiger charge is 2.21. The van der Waals surface area contributed by atoms with E-state index in [-0.39, 0.29) is 0 Å². The van der Waals surface area contributed by atoms with Gasteiger partial charge in [0.1, 0.15) is 0 Å². The minimum Gasteiger partial charge on any atom is -0.308 e. The number of hydrogen-bond acceptors (Lipinski definition) is 3. The van der Waals surface area contributed by atoms with Gasteiger partial charge in [-0.1, -0.05) is 140 Å². The number of para-hydroxylation sites is 2. The highest BCUT2D eigenvalue weighted by Crippen LogP contribution is 2.43. The normalized spacial score (nSPS) is 11.8. The van der Waals surface area contributed by atoms with Crippen LogP contribution in [0.5, 0.6) is 0 Å². The van der Waals surface area contributed by atoms with E-state index in [2.05, 4.69) is 126 Å². The fourth-order valence-electron chi connectivity index (χ4n) is 7.28. The zero-order valence-electron chi connectivity index (χ0n) is 25.3. The summed E-state index contributed by atoms with van der Waals surface area (Å²) in [7, 11) is 0. The molecule has 0 bridgehead atoms. The molecule has 10 aromatic rings. The van der Waals surface area contributed by atoms with Gasteiger partial charge in [0.2, 0.25) is 0 Å². The highest BCUT2D eigenvalue weighted by atomic mass is 15.0. The topological polar surface area (TPSA) is 43.1 Å². The van der Waals surface area contributed by atoms with Gasteiger partial charge in [-0.2, -0.15) is 0 Å². The summed E-state index contributed by atoms with van der Waals surface area (Å²) in [6.45, 7) is 0. The van der Waals surface area contributed by atoms with Crippen LogP contribution in [0.2, 0.25) is 0 Å². The van der Waals surface area contributed by atoms with E-state index in [1.54, 1.807) is 0 Å². The third-order valence-corrected chi connectivity index (χ3v) is 9.38.